The number of aliphatic hydroxyl groups is 2. The van der Waals surface area contributed by atoms with E-state index in [4.69, 9.17) is 14.2 Å². The van der Waals surface area contributed by atoms with E-state index in [2.05, 4.69) is 0 Å². The van der Waals surface area contributed by atoms with Crippen molar-refractivity contribution in [1.29, 1.82) is 0 Å². The Morgan fingerprint density at radius 1 is 1.23 bits per heavy atom. The van der Waals surface area contributed by atoms with Crippen molar-refractivity contribution in [2.24, 2.45) is 0 Å². The lowest BCUT2D eigenvalue weighted by Crippen LogP contribution is -2.55. The largest absolute Gasteiger partial charge is 0.390 e. The van der Waals surface area contributed by atoms with Gasteiger partial charge in [-0.1, -0.05) is 0 Å². The molecule has 2 saturated heterocycles. The van der Waals surface area contributed by atoms with E-state index in [-0.39, 0.29) is 24.9 Å². The van der Waals surface area contributed by atoms with Crippen LogP contribution in [-0.4, -0.2) is 47.7 Å². The van der Waals surface area contributed by atoms with Gasteiger partial charge in [0, 0.05) is 6.42 Å². The maximum absolute atomic E-state index is 9.57. The zero-order chi connectivity index (χ0) is 9.42. The Morgan fingerprint density at radius 3 is 2.77 bits per heavy atom. The van der Waals surface area contributed by atoms with Gasteiger partial charge >= 0.3 is 0 Å². The van der Waals surface area contributed by atoms with Gasteiger partial charge in [-0.05, 0) is 6.92 Å². The van der Waals surface area contributed by atoms with Crippen molar-refractivity contribution < 1.29 is 24.4 Å². The molecule has 76 valence electrons. The number of ether oxygens (including phenoxy) is 3. The van der Waals surface area contributed by atoms with Crippen molar-refractivity contribution in [3.05, 3.63) is 0 Å². The first-order chi connectivity index (χ1) is 6.16. The molecule has 2 unspecified atom stereocenters. The van der Waals surface area contributed by atoms with Crippen molar-refractivity contribution in [3.8, 4) is 0 Å². The van der Waals surface area contributed by atoms with Gasteiger partial charge in [-0.2, -0.15) is 0 Å². The molecule has 0 aromatic heterocycles. The van der Waals surface area contributed by atoms with Crippen LogP contribution in [0.5, 0.6) is 0 Å². The van der Waals surface area contributed by atoms with Crippen LogP contribution in [0.3, 0.4) is 0 Å². The number of hydrogen-bond acceptors (Lipinski definition) is 5. The van der Waals surface area contributed by atoms with E-state index in [0.29, 0.717) is 6.61 Å². The Balaban J connectivity index is 2.02. The van der Waals surface area contributed by atoms with Crippen molar-refractivity contribution in [2.45, 2.75) is 44.2 Å². The Bertz CT molecular complexity index is 185. The molecule has 2 N–H and O–H groups in total. The minimum atomic E-state index is -0.906. The molecule has 13 heavy (non-hydrogen) atoms. The second-order valence-electron chi connectivity index (χ2n) is 3.43. The highest BCUT2D eigenvalue weighted by Crippen LogP contribution is 2.26. The fraction of sp³-hybridized carbons (Fsp3) is 1.00. The molecule has 0 aliphatic carbocycles. The van der Waals surface area contributed by atoms with Crippen LogP contribution in [0, 0.1) is 0 Å². The zero-order valence-corrected chi connectivity index (χ0v) is 7.42. The number of rotatable bonds is 0. The first-order valence-corrected chi connectivity index (χ1v) is 4.45. The highest BCUT2D eigenvalue weighted by molar-refractivity contribution is 4.85. The first-order valence-electron chi connectivity index (χ1n) is 4.45. The van der Waals surface area contributed by atoms with E-state index >= 15 is 0 Å². The normalized spacial score (nSPS) is 51.5. The molecule has 0 amide bonds. The summed E-state index contributed by atoms with van der Waals surface area (Å²) in [6.45, 7) is 2.13. The maximum Gasteiger partial charge on any atom is 0.157 e. The van der Waals surface area contributed by atoms with Gasteiger partial charge in [-0.25, -0.2) is 0 Å². The van der Waals surface area contributed by atoms with Crippen LogP contribution in [0.25, 0.3) is 0 Å². The molecule has 2 aliphatic heterocycles. The molecule has 0 aromatic carbocycles. The van der Waals surface area contributed by atoms with Crippen LogP contribution >= 0.6 is 0 Å². The van der Waals surface area contributed by atoms with Gasteiger partial charge in [-0.3, -0.25) is 0 Å². The van der Waals surface area contributed by atoms with Crippen LogP contribution in [0.15, 0.2) is 0 Å². The molecule has 2 aliphatic rings. The molecule has 0 saturated carbocycles. The summed E-state index contributed by atoms with van der Waals surface area (Å²) in [5.41, 5.74) is 0. The summed E-state index contributed by atoms with van der Waals surface area (Å²) in [4.78, 5) is 0. The highest BCUT2D eigenvalue weighted by Gasteiger charge is 2.41. The van der Waals surface area contributed by atoms with E-state index in [1.165, 1.54) is 0 Å². The van der Waals surface area contributed by atoms with Gasteiger partial charge in [0.2, 0.25) is 0 Å². The molecule has 5 heteroatoms. The molecular weight excluding hydrogens is 176 g/mol. The third-order valence-electron chi connectivity index (χ3n) is 2.36. The van der Waals surface area contributed by atoms with E-state index in [1.54, 1.807) is 6.92 Å². The Kier molecular flexibility index (Phi) is 2.53. The molecule has 0 aromatic rings. The fourth-order valence-corrected chi connectivity index (χ4v) is 1.73. The van der Waals surface area contributed by atoms with E-state index in [0.717, 1.165) is 0 Å². The molecule has 2 heterocycles. The minimum absolute atomic E-state index is 0.202. The quantitative estimate of drug-likeness (QED) is 0.524. The Hall–Kier alpha value is -0.200. The molecule has 5 nitrogen and oxygen atoms in total. The highest BCUT2D eigenvalue weighted by atomic mass is 16.7. The predicted molar refractivity (Wildman–Crippen MR) is 41.8 cm³/mol. The van der Waals surface area contributed by atoms with Gasteiger partial charge < -0.3 is 24.4 Å². The number of fused-ring (bicyclic) bond motifs is 1. The van der Waals surface area contributed by atoms with Gasteiger partial charge in [0.25, 0.3) is 0 Å². The Labute approximate surface area is 76.2 Å². The van der Waals surface area contributed by atoms with E-state index in [9.17, 15) is 10.2 Å². The average Bonchev–Trinajstić information content (AvgIpc) is 2.06. The van der Waals surface area contributed by atoms with Crippen LogP contribution in [-0.2, 0) is 14.2 Å². The lowest BCUT2D eigenvalue weighted by molar-refractivity contribution is -0.324. The fourth-order valence-electron chi connectivity index (χ4n) is 1.73. The summed E-state index contributed by atoms with van der Waals surface area (Å²) < 4.78 is 15.7. The third-order valence-corrected chi connectivity index (χ3v) is 2.36. The average molecular weight is 190 g/mol. The molecule has 2 fully saturated rings. The van der Waals surface area contributed by atoms with Crippen LogP contribution in [0.1, 0.15) is 13.3 Å². The number of aliphatic hydroxyl groups excluding tert-OH is 2. The van der Waals surface area contributed by atoms with Crippen LogP contribution in [0.4, 0.5) is 0 Å². The first kappa shape index (κ1) is 9.36. The molecule has 0 bridgehead atoms. The van der Waals surface area contributed by atoms with Crippen molar-refractivity contribution >= 4 is 0 Å². The standard InChI is InChI=1S/C8H14O5/c1-4-11-3-6-8(12-4)5(9)2-7(10)13-6/h4-10H,2-3H2,1H3/t4?,5-,6-,7?,8+/m1/s1. The molecule has 0 spiro atoms. The summed E-state index contributed by atoms with van der Waals surface area (Å²) >= 11 is 0. The van der Waals surface area contributed by atoms with Crippen LogP contribution < -0.4 is 0 Å². The van der Waals surface area contributed by atoms with Crippen LogP contribution in [0.2, 0.25) is 0 Å². The summed E-state index contributed by atoms with van der Waals surface area (Å²) in [5.74, 6) is 0. The van der Waals surface area contributed by atoms with E-state index in [1.807, 2.05) is 0 Å². The van der Waals surface area contributed by atoms with Gasteiger partial charge in [-0.15, -0.1) is 0 Å². The number of hydrogen-bond donors (Lipinski definition) is 2. The molecule has 0 radical (unpaired) electrons. The smallest absolute Gasteiger partial charge is 0.157 e. The van der Waals surface area contributed by atoms with Crippen molar-refractivity contribution in [2.75, 3.05) is 6.61 Å². The summed E-state index contributed by atoms with van der Waals surface area (Å²) in [6, 6.07) is 0. The second-order valence-corrected chi connectivity index (χ2v) is 3.43. The minimum Gasteiger partial charge on any atom is -0.390 e. The summed E-state index contributed by atoms with van der Waals surface area (Å²) in [7, 11) is 0. The lowest BCUT2D eigenvalue weighted by atomic mass is 10.0. The molecule has 5 atom stereocenters. The zero-order valence-electron chi connectivity index (χ0n) is 7.42. The monoisotopic (exact) mass is 190 g/mol. The van der Waals surface area contributed by atoms with Crippen molar-refractivity contribution in [1.82, 2.24) is 0 Å². The topological polar surface area (TPSA) is 68.2 Å². The SMILES string of the molecule is CC1OC[C@H]2OC(O)C[C@@H](O)[C@@H]2O1. The molecule has 2 rings (SSSR count). The Morgan fingerprint density at radius 2 is 2.00 bits per heavy atom. The third kappa shape index (κ3) is 1.84. The predicted octanol–water partition coefficient (Wildman–Crippen LogP) is -0.784. The van der Waals surface area contributed by atoms with Crippen molar-refractivity contribution in [3.63, 3.8) is 0 Å². The summed E-state index contributed by atoms with van der Waals surface area (Å²) in [5, 5.41) is 18.8. The molecular formula is C8H14O5. The van der Waals surface area contributed by atoms with Gasteiger partial charge in [0.15, 0.2) is 12.6 Å². The maximum atomic E-state index is 9.57. The summed E-state index contributed by atoms with van der Waals surface area (Å²) in [6.07, 6.45) is -2.40. The van der Waals surface area contributed by atoms with Gasteiger partial charge in [0.1, 0.15) is 12.2 Å². The second kappa shape index (κ2) is 3.51. The van der Waals surface area contributed by atoms with Gasteiger partial charge in [0.05, 0.1) is 12.7 Å². The van der Waals surface area contributed by atoms with E-state index < -0.39 is 12.4 Å². The lowest BCUT2D eigenvalue weighted by Gasteiger charge is -2.42.